The van der Waals surface area contributed by atoms with Crippen molar-refractivity contribution in [2.45, 2.75) is 5.75 Å². The van der Waals surface area contributed by atoms with E-state index in [4.69, 9.17) is 16.1 Å². The molecule has 1 aromatic heterocycles. The number of nitrogens with zero attached hydrogens (tertiary/aromatic N) is 2. The second-order valence-corrected chi connectivity index (χ2v) is 5.41. The van der Waals surface area contributed by atoms with Crippen molar-refractivity contribution in [3.05, 3.63) is 35.2 Å². The van der Waals surface area contributed by atoms with Gasteiger partial charge in [-0.2, -0.15) is 4.98 Å². The molecule has 0 bridgehead atoms. The minimum Gasteiger partial charge on any atom is -0.338 e. The first-order chi connectivity index (χ1) is 9.31. The van der Waals surface area contributed by atoms with Crippen molar-refractivity contribution in [1.29, 1.82) is 0 Å². The number of thioether (sulfide) groups is 1. The smallest absolute Gasteiger partial charge is 0.304 e. The van der Waals surface area contributed by atoms with Gasteiger partial charge in [-0.25, -0.2) is 0 Å². The number of aromatic nitrogens is 2. The summed E-state index contributed by atoms with van der Waals surface area (Å²) >= 11 is 7.47. The lowest BCUT2D eigenvalue weighted by atomic mass is 10.2. The van der Waals surface area contributed by atoms with Gasteiger partial charge in [0.05, 0.1) is 5.75 Å². The Morgan fingerprint density at radius 3 is 2.95 bits per heavy atom. The van der Waals surface area contributed by atoms with Crippen LogP contribution in [-0.2, 0) is 5.75 Å². The molecule has 98 valence electrons. The van der Waals surface area contributed by atoms with Gasteiger partial charge < -0.3 is 4.52 Å². The maximum Gasteiger partial charge on any atom is 0.304 e. The predicted molar refractivity (Wildman–Crippen MR) is 74.9 cm³/mol. The van der Waals surface area contributed by atoms with E-state index in [9.17, 15) is 0 Å². The molecule has 1 aliphatic heterocycles. The van der Waals surface area contributed by atoms with Gasteiger partial charge in [-0.1, -0.05) is 16.8 Å². The van der Waals surface area contributed by atoms with Crippen LogP contribution in [0.3, 0.4) is 0 Å². The summed E-state index contributed by atoms with van der Waals surface area (Å²) in [6.45, 7) is 1.92. The Morgan fingerprint density at radius 1 is 1.37 bits per heavy atom. The molecule has 0 unspecified atom stereocenters. The van der Waals surface area contributed by atoms with Crippen molar-refractivity contribution in [3.8, 4) is 11.4 Å². The zero-order valence-corrected chi connectivity index (χ0v) is 11.6. The molecule has 0 amide bonds. The van der Waals surface area contributed by atoms with Gasteiger partial charge >= 0.3 is 5.17 Å². The molecule has 2 N–H and O–H groups in total. The van der Waals surface area contributed by atoms with E-state index in [1.807, 2.05) is 24.3 Å². The van der Waals surface area contributed by atoms with Crippen molar-refractivity contribution >= 4 is 28.5 Å². The number of nitrogens with one attached hydrogen (secondary N) is 2. The van der Waals surface area contributed by atoms with Crippen LogP contribution in [0.15, 0.2) is 28.8 Å². The number of benzene rings is 1. The Hall–Kier alpha value is -1.53. The topological polar surface area (TPSA) is 64.9 Å². The highest BCUT2D eigenvalue weighted by Crippen LogP contribution is 2.20. The summed E-state index contributed by atoms with van der Waals surface area (Å²) in [5.41, 5.74) is 0.897. The molecule has 0 aliphatic carbocycles. The van der Waals surface area contributed by atoms with E-state index in [0.717, 1.165) is 23.8 Å². The fraction of sp³-hybridized carbons (Fsp3) is 0.250. The molecule has 2 aromatic rings. The highest BCUT2D eigenvalue weighted by Gasteiger charge is 2.15. The minimum atomic E-state index is 0.588. The molecule has 0 saturated carbocycles. The summed E-state index contributed by atoms with van der Waals surface area (Å²) in [5, 5.41) is 8.96. The number of halogens is 1. The molecule has 2 heterocycles. The number of hydrogen-bond donors (Lipinski definition) is 2. The monoisotopic (exact) mass is 295 g/mol. The zero-order chi connectivity index (χ0) is 13.1. The Morgan fingerprint density at radius 2 is 2.21 bits per heavy atom. The van der Waals surface area contributed by atoms with Crippen LogP contribution in [0.5, 0.6) is 0 Å². The Kier molecular flexibility index (Phi) is 3.70. The first-order valence-electron chi connectivity index (χ1n) is 5.87. The van der Waals surface area contributed by atoms with Gasteiger partial charge in [0.15, 0.2) is 0 Å². The van der Waals surface area contributed by atoms with E-state index in [0.29, 0.717) is 22.5 Å². The quantitative estimate of drug-likeness (QED) is 0.871. The second-order valence-electron chi connectivity index (χ2n) is 3.99. The van der Waals surface area contributed by atoms with Crippen LogP contribution in [0.2, 0.25) is 5.02 Å². The van der Waals surface area contributed by atoms with Crippen LogP contribution in [0.4, 0.5) is 0 Å². The van der Waals surface area contributed by atoms with Crippen molar-refractivity contribution in [2.75, 3.05) is 13.1 Å². The van der Waals surface area contributed by atoms with Crippen LogP contribution < -0.4 is 10.3 Å². The third-order valence-electron chi connectivity index (χ3n) is 2.61. The first-order valence-corrected chi connectivity index (χ1v) is 7.23. The van der Waals surface area contributed by atoms with Crippen LogP contribution in [0.25, 0.3) is 11.4 Å². The average Bonchev–Trinajstić information content (AvgIpc) is 3.09. The van der Waals surface area contributed by atoms with E-state index in [1.165, 1.54) is 0 Å². The van der Waals surface area contributed by atoms with E-state index in [2.05, 4.69) is 20.4 Å². The lowest BCUT2D eigenvalue weighted by molar-refractivity contribution is -0.441. The first kappa shape index (κ1) is 12.5. The molecular weight excluding hydrogens is 284 g/mol. The van der Waals surface area contributed by atoms with Gasteiger partial charge in [0.1, 0.15) is 13.1 Å². The normalized spacial score (nSPS) is 14.3. The molecule has 1 aliphatic rings. The summed E-state index contributed by atoms with van der Waals surface area (Å²) in [5.74, 6) is 1.85. The summed E-state index contributed by atoms with van der Waals surface area (Å²) in [6.07, 6.45) is 0. The Balaban J connectivity index is 1.67. The maximum atomic E-state index is 5.84. The van der Waals surface area contributed by atoms with Gasteiger partial charge in [-0.3, -0.25) is 10.3 Å². The van der Waals surface area contributed by atoms with Crippen molar-refractivity contribution in [3.63, 3.8) is 0 Å². The lowest BCUT2D eigenvalue weighted by Gasteiger charge is -1.93. The zero-order valence-electron chi connectivity index (χ0n) is 10.0. The van der Waals surface area contributed by atoms with E-state index in [1.54, 1.807) is 11.8 Å². The summed E-state index contributed by atoms with van der Waals surface area (Å²) < 4.78 is 5.23. The molecule has 0 saturated heterocycles. The largest absolute Gasteiger partial charge is 0.338 e. The molecule has 19 heavy (non-hydrogen) atoms. The molecule has 3 rings (SSSR count). The molecule has 5 nitrogen and oxygen atoms in total. The number of rotatable bonds is 3. The van der Waals surface area contributed by atoms with E-state index in [-0.39, 0.29) is 0 Å². The van der Waals surface area contributed by atoms with Gasteiger partial charge in [-0.15, -0.1) is 0 Å². The number of hydrogen-bond acceptors (Lipinski definition) is 5. The third kappa shape index (κ3) is 3.08. The van der Waals surface area contributed by atoms with Gasteiger partial charge in [0.25, 0.3) is 0 Å². The summed E-state index contributed by atoms with van der Waals surface area (Å²) in [6, 6.07) is 7.37. The SMILES string of the molecule is Clc1ccc(-c2noc(CSC3=[NH+]CCN3)n2)cc1. The second kappa shape index (κ2) is 5.63. The molecule has 0 spiro atoms. The third-order valence-corrected chi connectivity index (χ3v) is 3.83. The Labute approximate surface area is 119 Å². The molecule has 7 heteroatoms. The van der Waals surface area contributed by atoms with E-state index < -0.39 is 0 Å². The molecule has 0 radical (unpaired) electrons. The van der Waals surface area contributed by atoms with Crippen LogP contribution in [0, 0.1) is 0 Å². The number of amidine groups is 1. The minimum absolute atomic E-state index is 0.588. The maximum absolute atomic E-state index is 5.84. The lowest BCUT2D eigenvalue weighted by Crippen LogP contribution is -2.69. The van der Waals surface area contributed by atoms with Crippen LogP contribution in [-0.4, -0.2) is 28.4 Å². The van der Waals surface area contributed by atoms with Crippen LogP contribution >= 0.6 is 23.4 Å². The molecule has 1 aromatic carbocycles. The Bertz CT molecular complexity index is 596. The predicted octanol–water partition coefficient (Wildman–Crippen LogP) is 0.663. The highest BCUT2D eigenvalue weighted by molar-refractivity contribution is 8.12. The molecule has 0 atom stereocenters. The van der Waals surface area contributed by atoms with Crippen molar-refractivity contribution < 1.29 is 9.52 Å². The van der Waals surface area contributed by atoms with Gasteiger partial charge in [0.2, 0.25) is 11.7 Å². The van der Waals surface area contributed by atoms with Crippen molar-refractivity contribution in [2.24, 2.45) is 0 Å². The molecular formula is C12H12ClN4OS+. The fourth-order valence-electron chi connectivity index (χ4n) is 1.68. The van der Waals surface area contributed by atoms with Gasteiger partial charge in [0, 0.05) is 10.6 Å². The van der Waals surface area contributed by atoms with Crippen molar-refractivity contribution in [1.82, 2.24) is 15.5 Å². The highest BCUT2D eigenvalue weighted by atomic mass is 35.5. The van der Waals surface area contributed by atoms with Crippen LogP contribution in [0.1, 0.15) is 5.89 Å². The summed E-state index contributed by atoms with van der Waals surface area (Å²) in [7, 11) is 0. The average molecular weight is 296 g/mol. The summed E-state index contributed by atoms with van der Waals surface area (Å²) in [4.78, 5) is 7.60. The standard InChI is InChI=1S/C12H11ClN4OS/c13-9-3-1-8(2-4-9)11-16-10(18-17-11)7-19-12-14-5-6-15-12/h1-4H,5-7H2,(H,14,15)/p+1. The fourth-order valence-corrected chi connectivity index (χ4v) is 2.60. The molecule has 0 fully saturated rings. The van der Waals surface area contributed by atoms with E-state index >= 15 is 0 Å². The van der Waals surface area contributed by atoms with Gasteiger partial charge in [-0.05, 0) is 36.0 Å².